The minimum atomic E-state index is -0.574. The summed E-state index contributed by atoms with van der Waals surface area (Å²) in [6.45, 7) is 8.02. The van der Waals surface area contributed by atoms with Crippen LogP contribution in [0.1, 0.15) is 59.7 Å². The number of rotatable bonds is 12. The Labute approximate surface area is 193 Å². The van der Waals surface area contributed by atoms with Gasteiger partial charge in [-0.2, -0.15) is 5.10 Å². The van der Waals surface area contributed by atoms with E-state index in [0.29, 0.717) is 66.7 Å². The number of nitrogens with two attached hydrogens (primary N) is 1. The molecule has 0 aliphatic rings. The monoisotopic (exact) mass is 456 g/mol. The number of fused-ring (bicyclic) bond motifs is 1. The van der Waals surface area contributed by atoms with Crippen molar-refractivity contribution < 1.29 is 19.1 Å². The van der Waals surface area contributed by atoms with Crippen LogP contribution in [0.5, 0.6) is 5.75 Å². The van der Waals surface area contributed by atoms with Gasteiger partial charge in [0.15, 0.2) is 0 Å². The summed E-state index contributed by atoms with van der Waals surface area (Å²) in [6, 6.07) is 4.99. The molecule has 3 aromatic rings. The Morgan fingerprint density at radius 3 is 2.61 bits per heavy atom. The Balaban J connectivity index is 2.06. The van der Waals surface area contributed by atoms with Gasteiger partial charge in [0.1, 0.15) is 17.0 Å². The predicted octanol–water partition coefficient (Wildman–Crippen LogP) is 3.13. The Kier molecular flexibility index (Phi) is 8.05. The summed E-state index contributed by atoms with van der Waals surface area (Å²) in [7, 11) is 1.63. The second kappa shape index (κ2) is 11.0. The van der Waals surface area contributed by atoms with Crippen molar-refractivity contribution in [3.05, 3.63) is 35.2 Å². The number of anilines is 1. The fourth-order valence-corrected chi connectivity index (χ4v) is 3.63. The van der Waals surface area contributed by atoms with Gasteiger partial charge in [0, 0.05) is 38.8 Å². The van der Waals surface area contributed by atoms with Crippen LogP contribution in [0, 0.1) is 6.92 Å². The molecule has 0 spiro atoms. The molecule has 0 aliphatic carbocycles. The first kappa shape index (κ1) is 24.2. The van der Waals surface area contributed by atoms with Crippen LogP contribution in [0.2, 0.25) is 0 Å². The Hall–Kier alpha value is -3.40. The molecule has 2 heterocycles. The Bertz CT molecular complexity index is 1130. The fourth-order valence-electron chi connectivity index (χ4n) is 3.63. The van der Waals surface area contributed by atoms with Crippen molar-refractivity contribution in [2.24, 2.45) is 5.73 Å². The number of ether oxygens (including phenoxy) is 2. The average Bonchev–Trinajstić information content (AvgIpc) is 3.34. The summed E-state index contributed by atoms with van der Waals surface area (Å²) >= 11 is 0. The first-order valence-corrected chi connectivity index (χ1v) is 11.2. The molecule has 3 N–H and O–H groups in total. The van der Waals surface area contributed by atoms with Crippen molar-refractivity contribution in [1.82, 2.24) is 19.3 Å². The number of imidazole rings is 1. The molecule has 0 saturated heterocycles. The maximum Gasteiger partial charge on any atom is 0.276 e. The molecule has 0 saturated carbocycles. The van der Waals surface area contributed by atoms with Gasteiger partial charge in [0.2, 0.25) is 11.9 Å². The van der Waals surface area contributed by atoms with Crippen molar-refractivity contribution in [3.63, 3.8) is 0 Å². The maximum absolute atomic E-state index is 13.1. The molecule has 0 unspecified atom stereocenters. The molecule has 10 heteroatoms. The van der Waals surface area contributed by atoms with Crippen LogP contribution in [-0.2, 0) is 17.8 Å². The summed E-state index contributed by atoms with van der Waals surface area (Å²) in [4.78, 5) is 29.6. The van der Waals surface area contributed by atoms with Crippen molar-refractivity contribution in [2.45, 2.75) is 53.1 Å². The van der Waals surface area contributed by atoms with E-state index in [9.17, 15) is 9.59 Å². The zero-order valence-corrected chi connectivity index (χ0v) is 19.7. The molecule has 178 valence electrons. The molecule has 0 radical (unpaired) electrons. The topological polar surface area (TPSA) is 126 Å². The number of primary amides is 1. The SMILES string of the molecule is CCCCn1c(NC(=O)c2cc(C)nn2CC)nc2cc(C(N)=O)cc(OCCCOC)c21. The highest BCUT2D eigenvalue weighted by Gasteiger charge is 2.21. The first-order valence-electron chi connectivity index (χ1n) is 11.2. The van der Waals surface area contributed by atoms with Crippen molar-refractivity contribution >= 4 is 28.8 Å². The molecule has 0 fully saturated rings. The van der Waals surface area contributed by atoms with Gasteiger partial charge in [-0.15, -0.1) is 0 Å². The summed E-state index contributed by atoms with van der Waals surface area (Å²) in [5, 5.41) is 7.27. The van der Waals surface area contributed by atoms with Gasteiger partial charge in [0.25, 0.3) is 5.91 Å². The number of unbranched alkanes of at least 4 members (excludes halogenated alkanes) is 1. The molecule has 0 bridgehead atoms. The zero-order chi connectivity index (χ0) is 24.0. The minimum absolute atomic E-state index is 0.293. The fraction of sp³-hybridized carbons (Fsp3) is 0.478. The number of aromatic nitrogens is 4. The molecule has 2 aromatic heterocycles. The number of aryl methyl sites for hydroxylation is 3. The lowest BCUT2D eigenvalue weighted by Gasteiger charge is -2.13. The first-order chi connectivity index (χ1) is 15.9. The average molecular weight is 457 g/mol. The molecule has 10 nitrogen and oxygen atoms in total. The van der Waals surface area contributed by atoms with Gasteiger partial charge >= 0.3 is 0 Å². The number of amides is 2. The molecular weight excluding hydrogens is 424 g/mol. The summed E-state index contributed by atoms with van der Waals surface area (Å²) < 4.78 is 14.7. The van der Waals surface area contributed by atoms with Crippen LogP contribution in [0.3, 0.4) is 0 Å². The van der Waals surface area contributed by atoms with Gasteiger partial charge in [-0.05, 0) is 38.5 Å². The van der Waals surface area contributed by atoms with Crippen molar-refractivity contribution in [1.29, 1.82) is 0 Å². The van der Waals surface area contributed by atoms with E-state index < -0.39 is 5.91 Å². The lowest BCUT2D eigenvalue weighted by molar-refractivity contribution is 0.0995. The number of nitrogens with zero attached hydrogens (tertiary/aromatic N) is 4. The van der Waals surface area contributed by atoms with E-state index >= 15 is 0 Å². The number of nitrogens with one attached hydrogen (secondary N) is 1. The molecule has 1 aromatic carbocycles. The van der Waals surface area contributed by atoms with Crippen LogP contribution >= 0.6 is 0 Å². The van der Waals surface area contributed by atoms with E-state index in [1.54, 1.807) is 30.0 Å². The minimum Gasteiger partial charge on any atom is -0.491 e. The molecule has 3 rings (SSSR count). The largest absolute Gasteiger partial charge is 0.491 e. The lowest BCUT2D eigenvalue weighted by atomic mass is 10.1. The third-order valence-electron chi connectivity index (χ3n) is 5.24. The molecular formula is C23H32N6O4. The van der Waals surface area contributed by atoms with Crippen LogP contribution in [0.4, 0.5) is 5.95 Å². The highest BCUT2D eigenvalue weighted by molar-refractivity contribution is 6.04. The number of hydrogen-bond donors (Lipinski definition) is 2. The van der Waals surface area contributed by atoms with E-state index in [-0.39, 0.29) is 5.91 Å². The highest BCUT2D eigenvalue weighted by atomic mass is 16.5. The summed E-state index contributed by atoms with van der Waals surface area (Å²) in [5.74, 6) is 0.00196. The number of hydrogen-bond acceptors (Lipinski definition) is 6. The Morgan fingerprint density at radius 1 is 1.15 bits per heavy atom. The van der Waals surface area contributed by atoms with Crippen LogP contribution in [0.25, 0.3) is 11.0 Å². The third kappa shape index (κ3) is 5.51. The van der Waals surface area contributed by atoms with Gasteiger partial charge in [-0.1, -0.05) is 13.3 Å². The second-order valence-corrected chi connectivity index (χ2v) is 7.78. The number of methoxy groups -OCH3 is 1. The van der Waals surface area contributed by atoms with Crippen LogP contribution in [-0.4, -0.2) is 51.5 Å². The molecule has 0 aliphatic heterocycles. The quantitative estimate of drug-likeness (QED) is 0.403. The third-order valence-corrected chi connectivity index (χ3v) is 5.24. The maximum atomic E-state index is 13.1. The number of carbonyl (C=O) groups excluding carboxylic acids is 2. The number of carbonyl (C=O) groups is 2. The number of benzene rings is 1. The van der Waals surface area contributed by atoms with Crippen LogP contribution in [0.15, 0.2) is 18.2 Å². The van der Waals surface area contributed by atoms with E-state index in [4.69, 9.17) is 15.2 Å². The van der Waals surface area contributed by atoms with E-state index in [1.807, 2.05) is 18.4 Å². The van der Waals surface area contributed by atoms with E-state index in [0.717, 1.165) is 18.5 Å². The normalized spacial score (nSPS) is 11.2. The van der Waals surface area contributed by atoms with Gasteiger partial charge < -0.3 is 19.8 Å². The van der Waals surface area contributed by atoms with E-state index in [2.05, 4.69) is 22.3 Å². The molecule has 0 atom stereocenters. The van der Waals surface area contributed by atoms with Crippen molar-refractivity contribution in [3.8, 4) is 5.75 Å². The standard InChI is InChI=1S/C23H32N6O4/c1-5-7-9-28-20-17(13-16(21(24)30)14-19(20)33-11-8-10-32-4)25-23(28)26-22(31)18-12-15(3)27-29(18)6-2/h12-14H,5-11H2,1-4H3,(H2,24,30)(H,25,26,31). The summed E-state index contributed by atoms with van der Waals surface area (Å²) in [6.07, 6.45) is 2.52. The van der Waals surface area contributed by atoms with Crippen molar-refractivity contribution in [2.75, 3.05) is 25.6 Å². The molecule has 33 heavy (non-hydrogen) atoms. The van der Waals surface area contributed by atoms with E-state index in [1.165, 1.54) is 0 Å². The lowest BCUT2D eigenvalue weighted by Crippen LogP contribution is -2.20. The predicted molar refractivity (Wildman–Crippen MR) is 126 cm³/mol. The van der Waals surface area contributed by atoms with Gasteiger partial charge in [-0.3, -0.25) is 19.6 Å². The molecule has 2 amide bonds. The Morgan fingerprint density at radius 2 is 1.94 bits per heavy atom. The summed E-state index contributed by atoms with van der Waals surface area (Å²) in [5.41, 5.74) is 8.29. The smallest absolute Gasteiger partial charge is 0.276 e. The van der Waals surface area contributed by atoms with Gasteiger partial charge in [-0.25, -0.2) is 4.98 Å². The zero-order valence-electron chi connectivity index (χ0n) is 19.7. The van der Waals surface area contributed by atoms with Gasteiger partial charge in [0.05, 0.1) is 17.8 Å². The van der Waals surface area contributed by atoms with Crippen LogP contribution < -0.4 is 15.8 Å². The second-order valence-electron chi connectivity index (χ2n) is 7.78. The highest BCUT2D eigenvalue weighted by Crippen LogP contribution is 2.31.